The quantitative estimate of drug-likeness (QED) is 0.770. The summed E-state index contributed by atoms with van der Waals surface area (Å²) in [5.41, 5.74) is 0.950. The summed E-state index contributed by atoms with van der Waals surface area (Å²) in [5, 5.41) is 3.22. The third-order valence-corrected chi connectivity index (χ3v) is 2.39. The average molecular weight is 235 g/mol. The van der Waals surface area contributed by atoms with Gasteiger partial charge in [0.15, 0.2) is 0 Å². The van der Waals surface area contributed by atoms with Gasteiger partial charge in [-0.2, -0.15) is 0 Å². The Morgan fingerprint density at radius 1 is 1.29 bits per heavy atom. The van der Waals surface area contributed by atoms with Gasteiger partial charge in [-0.25, -0.2) is 4.79 Å². The van der Waals surface area contributed by atoms with E-state index in [-0.39, 0.29) is 12.0 Å². The van der Waals surface area contributed by atoms with Crippen LogP contribution in [0.1, 0.15) is 27.2 Å². The number of hydrogen-bond donors (Lipinski definition) is 1. The Morgan fingerprint density at radius 2 is 1.94 bits per heavy atom. The van der Waals surface area contributed by atoms with Crippen LogP contribution in [0, 0.1) is 5.92 Å². The van der Waals surface area contributed by atoms with E-state index < -0.39 is 0 Å². The fourth-order valence-corrected chi connectivity index (χ4v) is 1.66. The van der Waals surface area contributed by atoms with Gasteiger partial charge in [-0.3, -0.25) is 0 Å². The number of hydrogen-bond acceptors (Lipinski definition) is 3. The first-order valence-electron chi connectivity index (χ1n) is 6.11. The molecule has 0 bridgehead atoms. The van der Waals surface area contributed by atoms with Gasteiger partial charge in [-0.15, -0.1) is 0 Å². The number of carbonyl (C=O) groups excluding carboxylic acids is 1. The van der Waals surface area contributed by atoms with Gasteiger partial charge in [0.2, 0.25) is 0 Å². The van der Waals surface area contributed by atoms with E-state index in [1.165, 1.54) is 0 Å². The average Bonchev–Trinajstić information content (AvgIpc) is 2.29. The highest BCUT2D eigenvalue weighted by Gasteiger charge is 2.20. The van der Waals surface area contributed by atoms with Crippen molar-refractivity contribution in [3.63, 3.8) is 0 Å². The SMILES string of the molecule is CCOC(=O)[C@H](CC(C)C)Nc1ccccc1. The van der Waals surface area contributed by atoms with E-state index in [0.717, 1.165) is 12.1 Å². The van der Waals surface area contributed by atoms with Crippen molar-refractivity contribution in [2.45, 2.75) is 33.2 Å². The molecule has 0 aliphatic carbocycles. The lowest BCUT2D eigenvalue weighted by Crippen LogP contribution is -2.32. The molecular formula is C14H21NO2. The second-order valence-electron chi connectivity index (χ2n) is 4.44. The van der Waals surface area contributed by atoms with Crippen LogP contribution in [0.2, 0.25) is 0 Å². The minimum atomic E-state index is -0.266. The Bertz CT molecular complexity index is 335. The molecule has 0 radical (unpaired) electrons. The Hall–Kier alpha value is -1.51. The zero-order valence-electron chi connectivity index (χ0n) is 10.8. The minimum Gasteiger partial charge on any atom is -0.464 e. The van der Waals surface area contributed by atoms with Crippen molar-refractivity contribution in [1.29, 1.82) is 0 Å². The molecule has 0 spiro atoms. The van der Waals surface area contributed by atoms with Crippen LogP contribution >= 0.6 is 0 Å². The first kappa shape index (κ1) is 13.6. The van der Waals surface area contributed by atoms with Crippen molar-refractivity contribution in [2.75, 3.05) is 11.9 Å². The number of anilines is 1. The van der Waals surface area contributed by atoms with E-state index in [9.17, 15) is 4.79 Å². The van der Waals surface area contributed by atoms with Crippen LogP contribution in [-0.2, 0) is 9.53 Å². The largest absolute Gasteiger partial charge is 0.464 e. The maximum atomic E-state index is 11.8. The molecule has 0 aliphatic rings. The van der Waals surface area contributed by atoms with Gasteiger partial charge in [0.1, 0.15) is 6.04 Å². The molecule has 1 N–H and O–H groups in total. The summed E-state index contributed by atoms with van der Waals surface area (Å²) >= 11 is 0. The third kappa shape index (κ3) is 4.89. The number of benzene rings is 1. The molecule has 1 atom stereocenters. The zero-order chi connectivity index (χ0) is 12.7. The van der Waals surface area contributed by atoms with Crippen molar-refractivity contribution in [3.8, 4) is 0 Å². The fraction of sp³-hybridized carbons (Fsp3) is 0.500. The summed E-state index contributed by atoms with van der Waals surface area (Å²) in [6.45, 7) is 6.44. The third-order valence-electron chi connectivity index (χ3n) is 2.39. The van der Waals surface area contributed by atoms with Gasteiger partial charge in [-0.05, 0) is 31.4 Å². The topological polar surface area (TPSA) is 38.3 Å². The number of esters is 1. The molecular weight excluding hydrogens is 214 g/mol. The lowest BCUT2D eigenvalue weighted by molar-refractivity contribution is -0.144. The summed E-state index contributed by atoms with van der Waals surface area (Å²) in [7, 11) is 0. The highest BCUT2D eigenvalue weighted by molar-refractivity contribution is 5.79. The van der Waals surface area contributed by atoms with Crippen molar-refractivity contribution >= 4 is 11.7 Å². The Morgan fingerprint density at radius 3 is 2.47 bits per heavy atom. The maximum absolute atomic E-state index is 11.8. The van der Waals surface area contributed by atoms with Crippen molar-refractivity contribution in [3.05, 3.63) is 30.3 Å². The Labute approximate surface area is 103 Å². The van der Waals surface area contributed by atoms with Crippen molar-refractivity contribution in [1.82, 2.24) is 0 Å². The molecule has 1 rings (SSSR count). The number of rotatable bonds is 6. The summed E-state index contributed by atoms with van der Waals surface area (Å²) in [6, 6.07) is 9.48. The molecule has 0 amide bonds. The molecule has 3 heteroatoms. The summed E-state index contributed by atoms with van der Waals surface area (Å²) < 4.78 is 5.08. The van der Waals surface area contributed by atoms with Crippen LogP contribution in [0.4, 0.5) is 5.69 Å². The molecule has 3 nitrogen and oxygen atoms in total. The Balaban J connectivity index is 2.66. The Kier molecular flexibility index (Phi) is 5.53. The van der Waals surface area contributed by atoms with Crippen LogP contribution in [0.25, 0.3) is 0 Å². The standard InChI is InChI=1S/C14H21NO2/c1-4-17-14(16)13(10-11(2)3)15-12-8-6-5-7-9-12/h5-9,11,13,15H,4,10H2,1-3H3/t13-/m0/s1. The van der Waals surface area contributed by atoms with E-state index in [2.05, 4.69) is 19.2 Å². The van der Waals surface area contributed by atoms with E-state index in [4.69, 9.17) is 4.74 Å². The monoisotopic (exact) mass is 235 g/mol. The van der Waals surface area contributed by atoms with Gasteiger partial charge in [0.25, 0.3) is 0 Å². The molecule has 0 saturated carbocycles. The molecule has 0 heterocycles. The van der Waals surface area contributed by atoms with Gasteiger partial charge in [-0.1, -0.05) is 32.0 Å². The van der Waals surface area contributed by atoms with Crippen LogP contribution in [0.15, 0.2) is 30.3 Å². The minimum absolute atomic E-state index is 0.176. The summed E-state index contributed by atoms with van der Waals surface area (Å²) in [6.07, 6.45) is 0.772. The van der Waals surface area contributed by atoms with Gasteiger partial charge in [0, 0.05) is 5.69 Å². The van der Waals surface area contributed by atoms with E-state index >= 15 is 0 Å². The summed E-state index contributed by atoms with van der Waals surface area (Å²) in [4.78, 5) is 11.8. The lowest BCUT2D eigenvalue weighted by atomic mass is 10.0. The van der Waals surface area contributed by atoms with Gasteiger partial charge in [0.05, 0.1) is 6.61 Å². The van der Waals surface area contributed by atoms with Crippen molar-refractivity contribution in [2.24, 2.45) is 5.92 Å². The number of nitrogens with one attached hydrogen (secondary N) is 1. The number of carbonyl (C=O) groups is 1. The molecule has 0 aromatic heterocycles. The van der Waals surface area contributed by atoms with Gasteiger partial charge < -0.3 is 10.1 Å². The summed E-state index contributed by atoms with van der Waals surface area (Å²) in [5.74, 6) is 0.269. The lowest BCUT2D eigenvalue weighted by Gasteiger charge is -2.20. The smallest absolute Gasteiger partial charge is 0.328 e. The molecule has 94 valence electrons. The normalized spacial score (nSPS) is 12.2. The first-order chi connectivity index (χ1) is 8.13. The molecule has 0 fully saturated rings. The molecule has 0 aliphatic heterocycles. The van der Waals surface area contributed by atoms with E-state index in [1.54, 1.807) is 0 Å². The molecule has 1 aromatic carbocycles. The van der Waals surface area contributed by atoms with Crippen LogP contribution in [-0.4, -0.2) is 18.6 Å². The first-order valence-corrected chi connectivity index (χ1v) is 6.11. The molecule has 17 heavy (non-hydrogen) atoms. The molecule has 0 unspecified atom stereocenters. The number of ether oxygens (including phenoxy) is 1. The zero-order valence-corrected chi connectivity index (χ0v) is 10.8. The second-order valence-corrected chi connectivity index (χ2v) is 4.44. The van der Waals surface area contributed by atoms with E-state index in [1.807, 2.05) is 37.3 Å². The van der Waals surface area contributed by atoms with E-state index in [0.29, 0.717) is 12.5 Å². The highest BCUT2D eigenvalue weighted by Crippen LogP contribution is 2.13. The van der Waals surface area contributed by atoms with Crippen LogP contribution in [0.3, 0.4) is 0 Å². The number of para-hydroxylation sites is 1. The molecule has 1 aromatic rings. The molecule has 0 saturated heterocycles. The maximum Gasteiger partial charge on any atom is 0.328 e. The second kappa shape index (κ2) is 6.94. The highest BCUT2D eigenvalue weighted by atomic mass is 16.5. The fourth-order valence-electron chi connectivity index (χ4n) is 1.66. The van der Waals surface area contributed by atoms with Gasteiger partial charge >= 0.3 is 5.97 Å². The van der Waals surface area contributed by atoms with Crippen molar-refractivity contribution < 1.29 is 9.53 Å². The predicted octanol–water partition coefficient (Wildman–Crippen LogP) is 3.08. The van der Waals surface area contributed by atoms with Crippen LogP contribution in [0.5, 0.6) is 0 Å². The van der Waals surface area contributed by atoms with Crippen LogP contribution < -0.4 is 5.32 Å². The predicted molar refractivity (Wildman–Crippen MR) is 69.9 cm³/mol.